The summed E-state index contributed by atoms with van der Waals surface area (Å²) in [6.07, 6.45) is 9.92. The number of hydrogen-bond donors (Lipinski definition) is 4. The van der Waals surface area contributed by atoms with Crippen molar-refractivity contribution in [1.82, 2.24) is 40.2 Å². The molecule has 3 amide bonds. The number of fused-ring (bicyclic) bond motifs is 1. The molecular weight excluding hydrogens is 967 g/mol. The number of aliphatic hydroxyl groups is 1. The molecule has 17 heteroatoms. The van der Waals surface area contributed by atoms with Crippen LogP contribution in [-0.2, 0) is 30.4 Å². The van der Waals surface area contributed by atoms with Gasteiger partial charge in [0.1, 0.15) is 48.0 Å². The molecule has 16 nitrogen and oxygen atoms in total. The molecule has 8 rings (SSSR count). The van der Waals surface area contributed by atoms with E-state index in [0.717, 1.165) is 123 Å². The zero-order valence-corrected chi connectivity index (χ0v) is 44.9. The molecule has 3 atom stereocenters. The average Bonchev–Trinajstić information content (AvgIpc) is 4.15. The highest BCUT2D eigenvalue weighted by atomic mass is 32.1. The number of aliphatic hydroxyl groups excluding tert-OH is 1. The van der Waals surface area contributed by atoms with Crippen LogP contribution in [0.5, 0.6) is 11.5 Å². The number of nitrogens with zero attached hydrogens (tertiary/aromatic N) is 6. The summed E-state index contributed by atoms with van der Waals surface area (Å²) in [6, 6.07) is 26.3. The molecule has 3 aromatic heterocycles. The lowest BCUT2D eigenvalue weighted by atomic mass is 9.85. The van der Waals surface area contributed by atoms with Crippen LogP contribution in [0.25, 0.3) is 32.7 Å². The van der Waals surface area contributed by atoms with Gasteiger partial charge in [-0.3, -0.25) is 14.4 Å². The van der Waals surface area contributed by atoms with Gasteiger partial charge in [-0.25, -0.2) is 14.6 Å². The molecule has 0 spiro atoms. The number of para-hydroxylation sites is 1. The van der Waals surface area contributed by atoms with E-state index in [1.165, 1.54) is 28.1 Å². The van der Waals surface area contributed by atoms with E-state index in [-0.39, 0.29) is 31.5 Å². The van der Waals surface area contributed by atoms with Gasteiger partial charge < -0.3 is 45.5 Å². The SMILES string of the molecule is Cc1ccsc1-c1ccc(CNC(=O)[C@@H]2C[C@@H](O)CN2C(=O)[C@@H](NC(=O)COCCCCCOCCCCCCN2CCC(n3nc(-c4ccc(Oc5ccccc5)cc4)c4c(N)ncnc43)CC2)C(C)(C)C)cc1. The quantitative estimate of drug-likeness (QED) is 0.0397. The number of piperidine rings is 1. The van der Waals surface area contributed by atoms with Gasteiger partial charge in [-0.05, 0) is 128 Å². The molecule has 2 aliphatic rings. The molecule has 5 N–H and O–H groups in total. The van der Waals surface area contributed by atoms with Gasteiger partial charge in [-0.1, -0.05) is 76.1 Å². The molecule has 6 aromatic rings. The number of benzene rings is 3. The number of aryl methyl sites for hydroxylation is 1. The van der Waals surface area contributed by atoms with Crippen LogP contribution in [0.15, 0.2) is 96.6 Å². The number of likely N-dealkylation sites (tertiary alicyclic amines) is 2. The molecule has 0 aliphatic carbocycles. The van der Waals surface area contributed by atoms with E-state index in [9.17, 15) is 19.5 Å². The van der Waals surface area contributed by atoms with Crippen LogP contribution in [0.2, 0.25) is 0 Å². The van der Waals surface area contributed by atoms with Crippen LogP contribution >= 0.6 is 11.3 Å². The number of amides is 3. The lowest BCUT2D eigenvalue weighted by Gasteiger charge is -2.35. The van der Waals surface area contributed by atoms with E-state index < -0.39 is 35.4 Å². The van der Waals surface area contributed by atoms with Gasteiger partial charge in [0.2, 0.25) is 17.7 Å². The molecule has 0 unspecified atom stereocenters. The van der Waals surface area contributed by atoms with Gasteiger partial charge in [0.15, 0.2) is 5.65 Å². The van der Waals surface area contributed by atoms with E-state index in [2.05, 4.69) is 48.6 Å². The second-order valence-corrected chi connectivity index (χ2v) is 21.9. The van der Waals surface area contributed by atoms with Gasteiger partial charge in [0.05, 0.1) is 17.5 Å². The van der Waals surface area contributed by atoms with E-state index in [0.29, 0.717) is 25.6 Å². The Balaban J connectivity index is 0.658. The summed E-state index contributed by atoms with van der Waals surface area (Å²) in [5.74, 6) is 0.823. The zero-order valence-electron chi connectivity index (χ0n) is 44.0. The van der Waals surface area contributed by atoms with E-state index in [4.69, 9.17) is 25.0 Å². The Morgan fingerprint density at radius 3 is 2.19 bits per heavy atom. The summed E-state index contributed by atoms with van der Waals surface area (Å²) in [5, 5.41) is 24.4. The predicted molar refractivity (Wildman–Crippen MR) is 294 cm³/mol. The fourth-order valence-corrected chi connectivity index (χ4v) is 10.9. The van der Waals surface area contributed by atoms with Crippen molar-refractivity contribution in [2.45, 2.75) is 123 Å². The molecule has 5 heterocycles. The highest BCUT2D eigenvalue weighted by Gasteiger charge is 2.44. The van der Waals surface area contributed by atoms with Crippen LogP contribution in [0.1, 0.15) is 102 Å². The van der Waals surface area contributed by atoms with Gasteiger partial charge in [-0.15, -0.1) is 11.3 Å². The number of rotatable bonds is 25. The maximum atomic E-state index is 14.0. The zero-order chi connectivity index (χ0) is 52.7. The number of aromatic nitrogens is 4. The van der Waals surface area contributed by atoms with Gasteiger partial charge >= 0.3 is 0 Å². The molecule has 400 valence electrons. The molecule has 0 bridgehead atoms. The smallest absolute Gasteiger partial charge is 0.246 e. The number of carbonyl (C=O) groups excluding carboxylic acids is 3. The average molecular weight is 1040 g/mol. The van der Waals surface area contributed by atoms with Crippen LogP contribution in [-0.4, -0.2) is 123 Å². The van der Waals surface area contributed by atoms with Crippen molar-refractivity contribution in [2.24, 2.45) is 5.41 Å². The predicted octanol–water partition coefficient (Wildman–Crippen LogP) is 9.11. The number of nitrogens with two attached hydrogens (primary N) is 1. The van der Waals surface area contributed by atoms with Crippen LogP contribution in [0.3, 0.4) is 0 Å². The third-order valence-corrected chi connectivity index (χ3v) is 15.2. The minimum atomic E-state index is -0.913. The Morgan fingerprint density at radius 2 is 1.49 bits per heavy atom. The van der Waals surface area contributed by atoms with Crippen molar-refractivity contribution in [2.75, 3.05) is 58.3 Å². The summed E-state index contributed by atoms with van der Waals surface area (Å²) in [5.41, 5.74) is 11.5. The molecule has 3 aromatic carbocycles. The maximum Gasteiger partial charge on any atom is 0.246 e. The number of anilines is 1. The maximum absolute atomic E-state index is 14.0. The Labute approximate surface area is 445 Å². The minimum absolute atomic E-state index is 0.0171. The first-order chi connectivity index (χ1) is 36.3. The van der Waals surface area contributed by atoms with Gasteiger partial charge in [0, 0.05) is 62.9 Å². The highest BCUT2D eigenvalue weighted by molar-refractivity contribution is 7.13. The lowest BCUT2D eigenvalue weighted by molar-refractivity contribution is -0.144. The number of unbranched alkanes of at least 4 members (excludes halogenated alkanes) is 5. The molecule has 0 saturated carbocycles. The minimum Gasteiger partial charge on any atom is -0.457 e. The Hall–Kier alpha value is -6.24. The van der Waals surface area contributed by atoms with Crippen LogP contribution in [0.4, 0.5) is 5.82 Å². The highest BCUT2D eigenvalue weighted by Crippen LogP contribution is 2.36. The van der Waals surface area contributed by atoms with Crippen molar-refractivity contribution < 1.29 is 33.7 Å². The topological polar surface area (TPSA) is 199 Å². The van der Waals surface area contributed by atoms with E-state index in [1.54, 1.807) is 11.3 Å². The van der Waals surface area contributed by atoms with Crippen molar-refractivity contribution in [3.8, 4) is 33.2 Å². The Morgan fingerprint density at radius 1 is 0.827 bits per heavy atom. The number of hydrogen-bond acceptors (Lipinski definition) is 13. The number of nitrogens with one attached hydrogen (secondary N) is 2. The fraction of sp³-hybridized carbons (Fsp3) is 0.483. The Kier molecular flexibility index (Phi) is 19.4. The van der Waals surface area contributed by atoms with Crippen LogP contribution in [0, 0.1) is 12.3 Å². The molecule has 2 fully saturated rings. The van der Waals surface area contributed by atoms with Crippen molar-refractivity contribution in [3.05, 3.63) is 108 Å². The second kappa shape index (κ2) is 26.5. The summed E-state index contributed by atoms with van der Waals surface area (Å²) in [4.78, 5) is 54.7. The first-order valence-corrected chi connectivity index (χ1v) is 27.6. The van der Waals surface area contributed by atoms with Crippen molar-refractivity contribution >= 4 is 45.9 Å². The third kappa shape index (κ3) is 15.0. The second-order valence-electron chi connectivity index (χ2n) is 21.0. The van der Waals surface area contributed by atoms with Crippen molar-refractivity contribution in [1.29, 1.82) is 0 Å². The first kappa shape index (κ1) is 55.0. The molecular formula is C58H75N9O7S. The lowest BCUT2D eigenvalue weighted by Crippen LogP contribution is -2.58. The van der Waals surface area contributed by atoms with Crippen molar-refractivity contribution in [3.63, 3.8) is 0 Å². The first-order valence-electron chi connectivity index (χ1n) is 26.7. The molecule has 2 aliphatic heterocycles. The molecule has 2 saturated heterocycles. The Bertz CT molecular complexity index is 2770. The van der Waals surface area contributed by atoms with E-state index in [1.807, 2.05) is 99.6 Å². The summed E-state index contributed by atoms with van der Waals surface area (Å²) < 4.78 is 19.7. The fourth-order valence-electron chi connectivity index (χ4n) is 9.96. The summed E-state index contributed by atoms with van der Waals surface area (Å²) in [7, 11) is 0. The molecule has 75 heavy (non-hydrogen) atoms. The molecule has 0 radical (unpaired) electrons. The normalized spacial score (nSPS) is 16.8. The third-order valence-electron chi connectivity index (χ3n) is 14.2. The summed E-state index contributed by atoms with van der Waals surface area (Å²) >= 11 is 1.69. The number of thiophene rings is 1. The standard InChI is InChI=1S/C58H75N9O7S/c1-40-27-34-75-52(40)43-19-17-41(18-20-43)36-60-56(70)48-35-45(68)37-66(48)57(71)53(58(2,3)4)63-49(69)38-73-33-14-8-13-32-72-31-12-6-5-11-28-65-29-25-44(26-30-65)67-55-50(54(59)61-39-62-55)51(64-67)42-21-23-47(24-22-42)74-46-15-9-7-10-16-46/h7,9-10,15-24,27,34,39,44-45,48,53,68H,5-6,8,11-14,25-26,28-33,35-38H2,1-4H3,(H,60,70)(H,63,69)(H2,59,61,62)/t45-,48+,53-/m1/s1. The number of β-amino-alcohol motifs (C(OH)–C–C–N with tert-alkyl or cyclic N) is 1. The number of nitrogen functional groups attached to an aromatic ring is 1. The van der Waals surface area contributed by atoms with Gasteiger partial charge in [-0.2, -0.15) is 5.10 Å². The van der Waals surface area contributed by atoms with Crippen LogP contribution < -0.4 is 21.1 Å². The number of ether oxygens (including phenoxy) is 3. The largest absolute Gasteiger partial charge is 0.457 e. The van der Waals surface area contributed by atoms with E-state index >= 15 is 0 Å². The number of carbonyl (C=O) groups is 3. The monoisotopic (exact) mass is 1040 g/mol. The summed E-state index contributed by atoms with van der Waals surface area (Å²) in [6.45, 7) is 12.8. The van der Waals surface area contributed by atoms with Gasteiger partial charge in [0.25, 0.3) is 0 Å².